The van der Waals surface area contributed by atoms with Gasteiger partial charge < -0.3 is 10.8 Å². The summed E-state index contributed by atoms with van der Waals surface area (Å²) in [5.41, 5.74) is 5.47. The van der Waals surface area contributed by atoms with Crippen molar-refractivity contribution in [3.63, 3.8) is 0 Å². The lowest BCUT2D eigenvalue weighted by Crippen LogP contribution is -2.13. The minimum absolute atomic E-state index is 0.0447. The Balaban J connectivity index is 2.27. The summed E-state index contributed by atoms with van der Waals surface area (Å²) in [6, 6.07) is 4.93. The fourth-order valence-corrected chi connectivity index (χ4v) is 3.45. The zero-order chi connectivity index (χ0) is 17.6. The van der Waals surface area contributed by atoms with Gasteiger partial charge in [0.1, 0.15) is 11.6 Å². The Morgan fingerprint density at radius 2 is 2.12 bits per heavy atom. The molecule has 0 bridgehead atoms. The number of hydrogen-bond donors (Lipinski definition) is 2. The number of nitro benzene ring substituents is 1. The van der Waals surface area contributed by atoms with Crippen LogP contribution in [0.5, 0.6) is 5.75 Å². The minimum atomic E-state index is -0.904. The van der Waals surface area contributed by atoms with Gasteiger partial charge in [0.2, 0.25) is 0 Å². The zero-order valence-corrected chi connectivity index (χ0v) is 13.0. The molecule has 3 rings (SSSR count). The molecular weight excluding hydrogens is 339 g/mol. The summed E-state index contributed by atoms with van der Waals surface area (Å²) in [6.45, 7) is 0. The maximum Gasteiger partial charge on any atom is 0.276 e. The molecule has 0 unspecified atom stereocenters. The highest BCUT2D eigenvalue weighted by Crippen LogP contribution is 2.47. The molecule has 0 saturated heterocycles. The van der Waals surface area contributed by atoms with Crippen molar-refractivity contribution in [2.75, 3.05) is 0 Å². The number of nitro groups is 1. The molecule has 1 atom stereocenters. The van der Waals surface area contributed by atoms with Gasteiger partial charge in [-0.3, -0.25) is 14.9 Å². The van der Waals surface area contributed by atoms with Crippen LogP contribution in [0, 0.1) is 15.9 Å². The van der Waals surface area contributed by atoms with Crippen molar-refractivity contribution in [2.24, 2.45) is 5.73 Å². The van der Waals surface area contributed by atoms with Crippen molar-refractivity contribution in [2.45, 2.75) is 18.8 Å². The summed E-state index contributed by atoms with van der Waals surface area (Å²) in [5.74, 6) is -2.59. The van der Waals surface area contributed by atoms with Gasteiger partial charge in [-0.2, -0.15) is 0 Å². The number of aromatic hydroxyl groups is 1. The molecule has 0 aromatic heterocycles. The SMILES string of the molecule is NC(=O)c1ccc([N+](=O)[O-])c([C@@H]2CCc3c(F)cc(Cl)cc32)c1O. The lowest BCUT2D eigenvalue weighted by Gasteiger charge is -2.16. The van der Waals surface area contributed by atoms with Gasteiger partial charge in [-0.25, -0.2) is 4.39 Å². The third-order valence-corrected chi connectivity index (χ3v) is 4.48. The van der Waals surface area contributed by atoms with Crippen LogP contribution in [-0.2, 0) is 6.42 Å². The van der Waals surface area contributed by atoms with Crippen molar-refractivity contribution in [1.82, 2.24) is 0 Å². The van der Waals surface area contributed by atoms with Crippen molar-refractivity contribution in [3.05, 3.63) is 67.5 Å². The number of halogens is 2. The first-order chi connectivity index (χ1) is 11.3. The highest BCUT2D eigenvalue weighted by atomic mass is 35.5. The Hall–Kier alpha value is -2.67. The summed E-state index contributed by atoms with van der Waals surface area (Å²) in [6.07, 6.45) is 0.698. The lowest BCUT2D eigenvalue weighted by molar-refractivity contribution is -0.385. The molecule has 0 aliphatic heterocycles. The van der Waals surface area contributed by atoms with Crippen LogP contribution in [0.1, 0.15) is 39.4 Å². The van der Waals surface area contributed by atoms with E-state index in [9.17, 15) is 24.4 Å². The number of nitrogens with zero attached hydrogens (tertiary/aromatic N) is 1. The number of hydrogen-bond acceptors (Lipinski definition) is 4. The van der Waals surface area contributed by atoms with E-state index in [4.69, 9.17) is 17.3 Å². The van der Waals surface area contributed by atoms with Crippen LogP contribution in [0.25, 0.3) is 0 Å². The maximum absolute atomic E-state index is 14.1. The second-order valence-electron chi connectivity index (χ2n) is 5.56. The highest BCUT2D eigenvalue weighted by molar-refractivity contribution is 6.30. The van der Waals surface area contributed by atoms with Crippen LogP contribution >= 0.6 is 11.6 Å². The number of carbonyl (C=O) groups is 1. The van der Waals surface area contributed by atoms with Crippen LogP contribution in [0.4, 0.5) is 10.1 Å². The molecule has 0 spiro atoms. The summed E-state index contributed by atoms with van der Waals surface area (Å²) < 4.78 is 14.1. The summed E-state index contributed by atoms with van der Waals surface area (Å²) in [4.78, 5) is 22.1. The first kappa shape index (κ1) is 16.2. The molecule has 124 valence electrons. The van der Waals surface area contributed by atoms with Crippen molar-refractivity contribution in [3.8, 4) is 5.75 Å². The summed E-state index contributed by atoms with van der Waals surface area (Å²) in [7, 11) is 0. The summed E-state index contributed by atoms with van der Waals surface area (Å²) >= 11 is 5.89. The number of rotatable bonds is 3. The average molecular weight is 351 g/mol. The highest BCUT2D eigenvalue weighted by Gasteiger charge is 2.35. The quantitative estimate of drug-likeness (QED) is 0.654. The van der Waals surface area contributed by atoms with Crippen LogP contribution < -0.4 is 5.73 Å². The second-order valence-corrected chi connectivity index (χ2v) is 6.00. The molecule has 0 radical (unpaired) electrons. The van der Waals surface area contributed by atoms with E-state index in [1.165, 1.54) is 12.1 Å². The predicted molar refractivity (Wildman–Crippen MR) is 84.9 cm³/mol. The van der Waals surface area contributed by atoms with E-state index >= 15 is 0 Å². The van der Waals surface area contributed by atoms with Crippen molar-refractivity contribution in [1.29, 1.82) is 0 Å². The first-order valence-electron chi connectivity index (χ1n) is 7.09. The van der Waals surface area contributed by atoms with Gasteiger partial charge in [0.15, 0.2) is 0 Å². The van der Waals surface area contributed by atoms with Crippen molar-refractivity contribution < 1.29 is 19.2 Å². The molecule has 2 aromatic carbocycles. The average Bonchev–Trinajstić information content (AvgIpc) is 2.90. The molecule has 1 amide bonds. The standard InChI is InChI=1S/C16H12ClFN2O4/c17-7-5-11-8(12(18)6-7)1-2-9(11)14-13(20(23)24)4-3-10(15(14)21)16(19)22/h3-6,9,21H,1-2H2,(H2,19,22)/t9-/m1/s1. The van der Waals surface area contributed by atoms with Crippen LogP contribution in [-0.4, -0.2) is 15.9 Å². The van der Waals surface area contributed by atoms with E-state index in [-0.39, 0.29) is 21.8 Å². The fourth-order valence-electron chi connectivity index (χ4n) is 3.24. The maximum atomic E-state index is 14.1. The third kappa shape index (κ3) is 2.46. The Morgan fingerprint density at radius 3 is 2.75 bits per heavy atom. The van der Waals surface area contributed by atoms with E-state index in [1.54, 1.807) is 0 Å². The number of phenols is 1. The molecule has 8 heteroatoms. The van der Waals surface area contributed by atoms with Crippen LogP contribution in [0.3, 0.4) is 0 Å². The molecule has 1 aliphatic carbocycles. The van der Waals surface area contributed by atoms with Crippen LogP contribution in [0.2, 0.25) is 5.02 Å². The number of fused-ring (bicyclic) bond motifs is 1. The van der Waals surface area contributed by atoms with Crippen LogP contribution in [0.15, 0.2) is 24.3 Å². The van der Waals surface area contributed by atoms with E-state index in [2.05, 4.69) is 0 Å². The molecule has 1 aliphatic rings. The van der Waals surface area contributed by atoms with E-state index in [0.29, 0.717) is 24.0 Å². The zero-order valence-electron chi connectivity index (χ0n) is 12.3. The Morgan fingerprint density at radius 1 is 1.42 bits per heavy atom. The molecule has 6 nitrogen and oxygen atoms in total. The molecular formula is C16H12ClFN2O4. The molecule has 0 saturated carbocycles. The Bertz CT molecular complexity index is 885. The molecule has 0 fully saturated rings. The van der Waals surface area contributed by atoms with Gasteiger partial charge in [-0.15, -0.1) is 0 Å². The van der Waals surface area contributed by atoms with E-state index < -0.39 is 28.3 Å². The van der Waals surface area contributed by atoms with Gasteiger partial charge in [-0.05, 0) is 42.2 Å². The number of amides is 1. The Labute approximate surface area is 140 Å². The third-order valence-electron chi connectivity index (χ3n) is 4.26. The number of carbonyl (C=O) groups excluding carboxylic acids is 1. The topological polar surface area (TPSA) is 106 Å². The van der Waals surface area contributed by atoms with Gasteiger partial charge in [0.25, 0.3) is 11.6 Å². The lowest BCUT2D eigenvalue weighted by atomic mass is 9.89. The monoisotopic (exact) mass is 350 g/mol. The normalized spacial score (nSPS) is 16.0. The molecule has 0 heterocycles. The molecule has 2 aromatic rings. The second kappa shape index (κ2) is 5.76. The fraction of sp³-hybridized carbons (Fsp3) is 0.188. The van der Waals surface area contributed by atoms with Gasteiger partial charge in [-0.1, -0.05) is 11.6 Å². The molecule has 3 N–H and O–H groups in total. The van der Waals surface area contributed by atoms with Gasteiger partial charge in [0, 0.05) is 17.0 Å². The van der Waals surface area contributed by atoms with Gasteiger partial charge >= 0.3 is 0 Å². The number of nitrogens with two attached hydrogens (primary N) is 1. The van der Waals surface area contributed by atoms with E-state index in [1.807, 2.05) is 0 Å². The smallest absolute Gasteiger partial charge is 0.276 e. The minimum Gasteiger partial charge on any atom is -0.507 e. The first-order valence-corrected chi connectivity index (χ1v) is 7.47. The van der Waals surface area contributed by atoms with Gasteiger partial charge in [0.05, 0.1) is 16.1 Å². The number of primary amides is 1. The Kier molecular flexibility index (Phi) is 3.88. The largest absolute Gasteiger partial charge is 0.507 e. The van der Waals surface area contributed by atoms with Crippen molar-refractivity contribution >= 4 is 23.2 Å². The summed E-state index contributed by atoms with van der Waals surface area (Å²) in [5, 5.41) is 21.9. The molecule has 24 heavy (non-hydrogen) atoms. The van der Waals surface area contributed by atoms with E-state index in [0.717, 1.165) is 12.1 Å². The predicted octanol–water partition coefficient (Wildman–Crippen LogP) is 3.27. The number of benzene rings is 2.